The summed E-state index contributed by atoms with van der Waals surface area (Å²) in [6, 6.07) is 16.8. The maximum Gasteiger partial charge on any atom is 0.416 e. The molecular weight excluding hydrogens is 473 g/mol. The van der Waals surface area contributed by atoms with E-state index in [0.717, 1.165) is 23.3 Å². The van der Waals surface area contributed by atoms with Crippen LogP contribution in [0.1, 0.15) is 33.5 Å². The van der Waals surface area contributed by atoms with Gasteiger partial charge >= 0.3 is 12.1 Å². The van der Waals surface area contributed by atoms with E-state index >= 15 is 0 Å². The number of halogens is 3. The summed E-state index contributed by atoms with van der Waals surface area (Å²) in [6.07, 6.45) is -4.18. The number of fused-ring (bicyclic) bond motifs is 1. The van der Waals surface area contributed by atoms with Gasteiger partial charge in [-0.1, -0.05) is 36.4 Å². The average molecular weight is 496 g/mol. The number of nitrogens with one attached hydrogen (secondary N) is 1. The molecule has 9 heteroatoms. The van der Waals surface area contributed by atoms with E-state index in [1.165, 1.54) is 19.2 Å². The van der Waals surface area contributed by atoms with Crippen LogP contribution in [0.3, 0.4) is 0 Å². The number of carbonyl (C=O) groups excluding carboxylic acids is 3. The molecule has 0 saturated heterocycles. The van der Waals surface area contributed by atoms with Crippen LogP contribution in [0.5, 0.6) is 0 Å². The Morgan fingerprint density at radius 3 is 2.39 bits per heavy atom. The smallest absolute Gasteiger partial charge is 0.416 e. The minimum absolute atomic E-state index is 0.301. The first-order valence-electron chi connectivity index (χ1n) is 11.2. The summed E-state index contributed by atoms with van der Waals surface area (Å²) < 4.78 is 43.3. The van der Waals surface area contributed by atoms with Gasteiger partial charge in [0.2, 0.25) is 5.91 Å². The van der Waals surface area contributed by atoms with Crippen LogP contribution >= 0.6 is 0 Å². The molecule has 0 fully saturated rings. The van der Waals surface area contributed by atoms with Gasteiger partial charge in [-0.3, -0.25) is 14.4 Å². The topological polar surface area (TPSA) is 75.7 Å². The van der Waals surface area contributed by atoms with Crippen molar-refractivity contribution in [2.45, 2.75) is 25.6 Å². The predicted octanol–water partition coefficient (Wildman–Crippen LogP) is 5.07. The lowest BCUT2D eigenvalue weighted by molar-refractivity contribution is -0.147. The van der Waals surface area contributed by atoms with Crippen molar-refractivity contribution in [2.24, 2.45) is 0 Å². The average Bonchev–Trinajstić information content (AvgIpc) is 2.87. The van der Waals surface area contributed by atoms with Gasteiger partial charge in [0.15, 0.2) is 0 Å². The summed E-state index contributed by atoms with van der Waals surface area (Å²) in [7, 11) is 1.23. The minimum Gasteiger partial charge on any atom is -0.469 e. The van der Waals surface area contributed by atoms with E-state index in [2.05, 4.69) is 10.1 Å². The molecule has 3 aromatic carbocycles. The van der Waals surface area contributed by atoms with Crippen molar-refractivity contribution >= 4 is 23.5 Å². The highest BCUT2D eigenvalue weighted by atomic mass is 19.4. The van der Waals surface area contributed by atoms with E-state index in [-0.39, 0.29) is 12.3 Å². The van der Waals surface area contributed by atoms with Crippen molar-refractivity contribution in [2.75, 3.05) is 19.0 Å². The van der Waals surface area contributed by atoms with Crippen LogP contribution < -0.4 is 5.32 Å². The Hall–Kier alpha value is -4.14. The Morgan fingerprint density at radius 2 is 1.69 bits per heavy atom. The van der Waals surface area contributed by atoms with Crippen molar-refractivity contribution in [3.05, 3.63) is 89.0 Å². The molecule has 0 bridgehead atoms. The number of hydrogen-bond acceptors (Lipinski definition) is 4. The third kappa shape index (κ3) is 5.56. The monoisotopic (exact) mass is 496 g/mol. The molecule has 6 nitrogen and oxygen atoms in total. The zero-order valence-electron chi connectivity index (χ0n) is 19.4. The van der Waals surface area contributed by atoms with Crippen molar-refractivity contribution in [1.82, 2.24) is 4.90 Å². The Bertz CT molecular complexity index is 1300. The fraction of sp³-hybridized carbons (Fsp3) is 0.222. The van der Waals surface area contributed by atoms with Crippen molar-refractivity contribution in [1.29, 1.82) is 0 Å². The Morgan fingerprint density at radius 1 is 0.972 bits per heavy atom. The number of hydrogen-bond donors (Lipinski definition) is 1. The van der Waals surface area contributed by atoms with Gasteiger partial charge < -0.3 is 15.0 Å². The zero-order chi connectivity index (χ0) is 25.9. The van der Waals surface area contributed by atoms with Crippen molar-refractivity contribution in [3.8, 4) is 11.1 Å². The lowest BCUT2D eigenvalue weighted by Gasteiger charge is -2.29. The number of carbonyl (C=O) groups is 3. The number of anilines is 1. The van der Waals surface area contributed by atoms with Crippen molar-refractivity contribution < 1.29 is 32.3 Å². The van der Waals surface area contributed by atoms with E-state index in [9.17, 15) is 27.6 Å². The Labute approximate surface area is 205 Å². The highest BCUT2D eigenvalue weighted by Crippen LogP contribution is 2.32. The van der Waals surface area contributed by atoms with Gasteiger partial charge in [-0.05, 0) is 59.0 Å². The Kier molecular flexibility index (Phi) is 7.10. The molecule has 0 spiro atoms. The van der Waals surface area contributed by atoms with Crippen LogP contribution in [0.15, 0.2) is 66.7 Å². The second-order valence-corrected chi connectivity index (χ2v) is 8.38. The number of nitrogens with zero attached hydrogens (tertiary/aromatic N) is 1. The third-order valence-electron chi connectivity index (χ3n) is 6.05. The summed E-state index contributed by atoms with van der Waals surface area (Å²) in [4.78, 5) is 38.3. The van der Waals surface area contributed by atoms with Gasteiger partial charge in [0, 0.05) is 24.3 Å². The molecule has 1 N–H and O–H groups in total. The lowest BCUT2D eigenvalue weighted by atomic mass is 9.97. The molecule has 1 aliphatic rings. The second-order valence-electron chi connectivity index (χ2n) is 8.38. The van der Waals surface area contributed by atoms with Gasteiger partial charge in [-0.15, -0.1) is 0 Å². The second kappa shape index (κ2) is 10.2. The highest BCUT2D eigenvalue weighted by Gasteiger charge is 2.30. The van der Waals surface area contributed by atoms with E-state index in [0.29, 0.717) is 41.9 Å². The van der Waals surface area contributed by atoms with Crippen LogP contribution in [0, 0.1) is 0 Å². The number of methoxy groups -OCH3 is 1. The molecule has 1 heterocycles. The molecule has 0 aromatic heterocycles. The molecule has 1 aliphatic heterocycles. The molecule has 186 valence electrons. The van der Waals surface area contributed by atoms with E-state index < -0.39 is 23.6 Å². The highest BCUT2D eigenvalue weighted by molar-refractivity contribution is 6.08. The SMILES string of the molecule is COC(=O)CC(=O)N1CCc2cc(NC(=O)c3ccccc3-c3ccc(C(F)(F)F)cc3)ccc2C1. The Balaban J connectivity index is 1.49. The first kappa shape index (κ1) is 25.0. The summed E-state index contributed by atoms with van der Waals surface area (Å²) >= 11 is 0. The third-order valence-corrected chi connectivity index (χ3v) is 6.05. The van der Waals surface area contributed by atoms with E-state index in [1.807, 2.05) is 12.1 Å². The summed E-state index contributed by atoms with van der Waals surface area (Å²) in [5.41, 5.74) is 3.04. The quantitative estimate of drug-likeness (QED) is 0.395. The number of esters is 1. The van der Waals surface area contributed by atoms with Crippen molar-refractivity contribution in [3.63, 3.8) is 0 Å². The molecule has 0 aliphatic carbocycles. The maximum absolute atomic E-state index is 13.1. The first-order valence-corrected chi connectivity index (χ1v) is 11.2. The fourth-order valence-electron chi connectivity index (χ4n) is 4.12. The van der Waals surface area contributed by atoms with Gasteiger partial charge in [0.25, 0.3) is 5.91 Å². The standard InChI is InChI=1S/C27H23F3N2O4/c1-36-25(34)15-24(33)32-13-12-18-14-21(11-8-19(18)16-32)31-26(35)23-5-3-2-4-22(23)17-6-9-20(10-7-17)27(28,29)30/h2-11,14H,12-13,15-16H2,1H3,(H,31,35). The van der Waals surface area contributed by atoms with Gasteiger partial charge in [-0.2, -0.15) is 13.2 Å². The minimum atomic E-state index is -4.44. The normalized spacial score (nSPS) is 13.1. The van der Waals surface area contributed by atoms with Gasteiger partial charge in [-0.25, -0.2) is 0 Å². The fourth-order valence-corrected chi connectivity index (χ4v) is 4.12. The number of ether oxygens (including phenoxy) is 1. The molecule has 0 atom stereocenters. The zero-order valence-corrected chi connectivity index (χ0v) is 19.4. The molecule has 0 radical (unpaired) electrons. The summed E-state index contributed by atoms with van der Waals surface area (Å²) in [5.74, 6) is -1.28. The summed E-state index contributed by atoms with van der Waals surface area (Å²) in [6.45, 7) is 0.799. The number of alkyl halides is 3. The van der Waals surface area contributed by atoms with Gasteiger partial charge in [0.05, 0.1) is 12.7 Å². The maximum atomic E-state index is 13.1. The number of benzene rings is 3. The lowest BCUT2D eigenvalue weighted by Crippen LogP contribution is -2.37. The van der Waals surface area contributed by atoms with Crippen LogP contribution in [-0.4, -0.2) is 36.3 Å². The largest absolute Gasteiger partial charge is 0.469 e. The van der Waals surface area contributed by atoms with Crippen LogP contribution in [0.4, 0.5) is 18.9 Å². The molecular formula is C27H23F3N2O4. The van der Waals surface area contributed by atoms with E-state index in [4.69, 9.17) is 0 Å². The first-order chi connectivity index (χ1) is 17.2. The van der Waals surface area contributed by atoms with Crippen LogP contribution in [0.25, 0.3) is 11.1 Å². The van der Waals surface area contributed by atoms with Gasteiger partial charge in [0.1, 0.15) is 6.42 Å². The number of amides is 2. The molecule has 4 rings (SSSR count). The van der Waals surface area contributed by atoms with Crippen LogP contribution in [-0.2, 0) is 33.5 Å². The summed E-state index contributed by atoms with van der Waals surface area (Å²) in [5, 5.41) is 2.86. The molecule has 3 aromatic rings. The van der Waals surface area contributed by atoms with Crippen LogP contribution in [0.2, 0.25) is 0 Å². The molecule has 2 amide bonds. The molecule has 0 saturated carbocycles. The van der Waals surface area contributed by atoms with E-state index in [1.54, 1.807) is 35.2 Å². The molecule has 0 unspecified atom stereocenters. The number of rotatable bonds is 5. The predicted molar refractivity (Wildman–Crippen MR) is 127 cm³/mol. The molecule has 36 heavy (non-hydrogen) atoms.